The Hall–Kier alpha value is -0.770. The second kappa shape index (κ2) is 8.35. The fourth-order valence-corrected chi connectivity index (χ4v) is 1.76. The second-order valence-corrected chi connectivity index (χ2v) is 4.33. The molecule has 1 rings (SSSR count). The predicted molar refractivity (Wildman–Crippen MR) is 79.9 cm³/mol. The van der Waals surface area contributed by atoms with Gasteiger partial charge in [0.25, 0.3) is 0 Å². The smallest absolute Gasteiger partial charge is 0.238 e. The van der Waals surface area contributed by atoms with Crippen molar-refractivity contribution < 1.29 is 4.79 Å². The first-order valence-corrected chi connectivity index (χ1v) is 6.23. The number of likely N-dealkylation sites (N-methyl/N-ethyl adjacent to an activating group) is 1. The van der Waals surface area contributed by atoms with Crippen LogP contribution in [-0.2, 0) is 4.79 Å². The lowest BCUT2D eigenvalue weighted by atomic mass is 10.2. The number of hydrogen-bond donors (Lipinski definition) is 1. The maximum atomic E-state index is 11.8. The number of benzene rings is 1. The van der Waals surface area contributed by atoms with Crippen molar-refractivity contribution in [2.75, 3.05) is 25.0 Å². The Morgan fingerprint density at radius 1 is 1.33 bits per heavy atom. The van der Waals surface area contributed by atoms with E-state index in [0.29, 0.717) is 11.6 Å². The third kappa shape index (κ3) is 4.84. The minimum absolute atomic E-state index is 0. The molecule has 0 aliphatic rings. The summed E-state index contributed by atoms with van der Waals surface area (Å²) in [6.45, 7) is 8.15. The van der Waals surface area contributed by atoms with Gasteiger partial charge in [0.1, 0.15) is 0 Å². The number of nitrogens with zero attached hydrogens (tertiary/aromatic N) is 1. The van der Waals surface area contributed by atoms with Crippen LogP contribution in [0.5, 0.6) is 0 Å². The number of nitrogens with one attached hydrogen (secondary N) is 1. The fraction of sp³-hybridized carbons (Fsp3) is 0.462. The van der Waals surface area contributed by atoms with E-state index >= 15 is 0 Å². The van der Waals surface area contributed by atoms with Crippen LogP contribution >= 0.6 is 24.0 Å². The van der Waals surface area contributed by atoms with E-state index in [1.807, 2.05) is 39.0 Å². The van der Waals surface area contributed by atoms with Gasteiger partial charge >= 0.3 is 0 Å². The first-order chi connectivity index (χ1) is 8.08. The highest BCUT2D eigenvalue weighted by molar-refractivity contribution is 6.31. The fourth-order valence-electron chi connectivity index (χ4n) is 1.58. The van der Waals surface area contributed by atoms with Gasteiger partial charge < -0.3 is 5.32 Å². The molecule has 0 spiro atoms. The van der Waals surface area contributed by atoms with Crippen LogP contribution in [0.1, 0.15) is 19.4 Å². The van der Waals surface area contributed by atoms with Crippen molar-refractivity contribution in [3.63, 3.8) is 0 Å². The molecular weight excluding hydrogens is 271 g/mol. The largest absolute Gasteiger partial charge is 0.325 e. The number of carbonyl (C=O) groups excluding carboxylic acids is 1. The van der Waals surface area contributed by atoms with Crippen LogP contribution < -0.4 is 5.32 Å². The molecule has 1 N–H and O–H groups in total. The van der Waals surface area contributed by atoms with Gasteiger partial charge in [0.15, 0.2) is 0 Å². The molecule has 102 valence electrons. The van der Waals surface area contributed by atoms with Crippen LogP contribution in [0.2, 0.25) is 5.02 Å². The first-order valence-electron chi connectivity index (χ1n) is 5.85. The molecule has 0 saturated heterocycles. The third-order valence-electron chi connectivity index (χ3n) is 2.80. The topological polar surface area (TPSA) is 32.3 Å². The van der Waals surface area contributed by atoms with Gasteiger partial charge in [-0.05, 0) is 37.7 Å². The van der Waals surface area contributed by atoms with Crippen molar-refractivity contribution >= 4 is 35.6 Å². The molecule has 0 aliphatic carbocycles. The Balaban J connectivity index is 0.00000289. The normalized spacial score (nSPS) is 10.1. The molecule has 0 fully saturated rings. The standard InChI is InChI=1S/C13H19ClN2O.ClH/c1-4-16(5-2)9-13(17)15-12-8-6-7-11(14)10(12)3;/h6-8H,4-5,9H2,1-3H3,(H,15,17);1H. The Bertz CT molecular complexity index is 393. The van der Waals surface area contributed by atoms with Crippen molar-refractivity contribution in [1.29, 1.82) is 0 Å². The maximum absolute atomic E-state index is 11.8. The molecule has 0 aliphatic heterocycles. The van der Waals surface area contributed by atoms with Gasteiger partial charge in [0.2, 0.25) is 5.91 Å². The van der Waals surface area contributed by atoms with E-state index in [1.165, 1.54) is 0 Å². The zero-order valence-corrected chi connectivity index (χ0v) is 12.6. The summed E-state index contributed by atoms with van der Waals surface area (Å²) in [7, 11) is 0. The molecule has 0 saturated carbocycles. The molecule has 1 aromatic carbocycles. The monoisotopic (exact) mass is 290 g/mol. The molecule has 1 aromatic rings. The quantitative estimate of drug-likeness (QED) is 0.902. The number of hydrogen-bond acceptors (Lipinski definition) is 2. The van der Waals surface area contributed by atoms with Crippen LogP contribution in [0, 0.1) is 6.92 Å². The Kier molecular flexibility index (Phi) is 8.00. The highest BCUT2D eigenvalue weighted by Gasteiger charge is 2.09. The molecule has 5 heteroatoms. The molecule has 0 heterocycles. The molecule has 0 radical (unpaired) electrons. The van der Waals surface area contributed by atoms with E-state index < -0.39 is 0 Å². The van der Waals surface area contributed by atoms with Crippen LogP contribution in [-0.4, -0.2) is 30.4 Å². The van der Waals surface area contributed by atoms with Crippen molar-refractivity contribution in [2.45, 2.75) is 20.8 Å². The summed E-state index contributed by atoms with van der Waals surface area (Å²) in [5.74, 6) is -0.000864. The minimum Gasteiger partial charge on any atom is -0.325 e. The van der Waals surface area contributed by atoms with E-state index in [9.17, 15) is 4.79 Å². The van der Waals surface area contributed by atoms with Gasteiger partial charge in [-0.15, -0.1) is 12.4 Å². The summed E-state index contributed by atoms with van der Waals surface area (Å²) >= 11 is 6.00. The number of halogens is 2. The molecule has 0 bridgehead atoms. The van der Waals surface area contributed by atoms with Gasteiger partial charge in [-0.2, -0.15) is 0 Å². The van der Waals surface area contributed by atoms with Crippen molar-refractivity contribution in [1.82, 2.24) is 4.90 Å². The molecule has 18 heavy (non-hydrogen) atoms. The van der Waals surface area contributed by atoms with E-state index in [-0.39, 0.29) is 18.3 Å². The Morgan fingerprint density at radius 2 is 1.94 bits per heavy atom. The summed E-state index contributed by atoms with van der Waals surface area (Å²) in [5, 5.41) is 3.56. The maximum Gasteiger partial charge on any atom is 0.238 e. The zero-order chi connectivity index (χ0) is 12.8. The molecule has 0 aromatic heterocycles. The predicted octanol–water partition coefficient (Wildman–Crippen LogP) is 3.35. The van der Waals surface area contributed by atoms with Crippen LogP contribution in [0.3, 0.4) is 0 Å². The summed E-state index contributed by atoms with van der Waals surface area (Å²) in [6, 6.07) is 5.51. The van der Waals surface area contributed by atoms with E-state index in [1.54, 1.807) is 0 Å². The number of rotatable bonds is 5. The highest BCUT2D eigenvalue weighted by atomic mass is 35.5. The summed E-state index contributed by atoms with van der Waals surface area (Å²) < 4.78 is 0. The molecule has 0 unspecified atom stereocenters. The Labute approximate surface area is 120 Å². The van der Waals surface area contributed by atoms with Crippen molar-refractivity contribution in [2.24, 2.45) is 0 Å². The third-order valence-corrected chi connectivity index (χ3v) is 3.21. The van der Waals surface area contributed by atoms with Crippen LogP contribution in [0.4, 0.5) is 5.69 Å². The average molecular weight is 291 g/mol. The van der Waals surface area contributed by atoms with E-state index in [0.717, 1.165) is 24.3 Å². The van der Waals surface area contributed by atoms with Gasteiger partial charge in [0.05, 0.1) is 6.54 Å². The highest BCUT2D eigenvalue weighted by Crippen LogP contribution is 2.22. The minimum atomic E-state index is -0.000864. The second-order valence-electron chi connectivity index (χ2n) is 3.92. The lowest BCUT2D eigenvalue weighted by Crippen LogP contribution is -2.33. The molecule has 1 amide bonds. The SMILES string of the molecule is CCN(CC)CC(=O)Nc1cccc(Cl)c1C.Cl. The van der Waals surface area contributed by atoms with Crippen LogP contribution in [0.25, 0.3) is 0 Å². The van der Waals surface area contributed by atoms with E-state index in [4.69, 9.17) is 11.6 Å². The molecule has 0 atom stereocenters. The van der Waals surface area contributed by atoms with Crippen LogP contribution in [0.15, 0.2) is 18.2 Å². The van der Waals surface area contributed by atoms with Crippen molar-refractivity contribution in [3.05, 3.63) is 28.8 Å². The molecular formula is C13H20Cl2N2O. The summed E-state index contributed by atoms with van der Waals surface area (Å²) in [5.41, 5.74) is 1.69. The average Bonchev–Trinajstić information content (AvgIpc) is 2.32. The zero-order valence-electron chi connectivity index (χ0n) is 11.0. The van der Waals surface area contributed by atoms with E-state index in [2.05, 4.69) is 10.2 Å². The van der Waals surface area contributed by atoms with Gasteiger partial charge in [-0.1, -0.05) is 31.5 Å². The van der Waals surface area contributed by atoms with Crippen molar-refractivity contribution in [3.8, 4) is 0 Å². The lowest BCUT2D eigenvalue weighted by molar-refractivity contribution is -0.117. The number of anilines is 1. The number of amides is 1. The van der Waals surface area contributed by atoms with Gasteiger partial charge in [-0.3, -0.25) is 9.69 Å². The van der Waals surface area contributed by atoms with Gasteiger partial charge in [0, 0.05) is 10.7 Å². The summed E-state index contributed by atoms with van der Waals surface area (Å²) in [6.07, 6.45) is 0. The lowest BCUT2D eigenvalue weighted by Gasteiger charge is -2.18. The number of carbonyl (C=O) groups is 1. The summed E-state index contributed by atoms with van der Waals surface area (Å²) in [4.78, 5) is 13.9. The van der Waals surface area contributed by atoms with Gasteiger partial charge in [-0.25, -0.2) is 0 Å². The first kappa shape index (κ1) is 17.2. The molecule has 3 nitrogen and oxygen atoms in total. The Morgan fingerprint density at radius 3 is 2.50 bits per heavy atom.